The van der Waals surface area contributed by atoms with Crippen LogP contribution in [-0.4, -0.2) is 25.8 Å². The molecule has 0 aliphatic heterocycles. The summed E-state index contributed by atoms with van der Waals surface area (Å²) in [5, 5.41) is 1.60. The summed E-state index contributed by atoms with van der Waals surface area (Å²) in [4.78, 5) is 11.7. The summed E-state index contributed by atoms with van der Waals surface area (Å²) in [6.45, 7) is 3.15. The van der Waals surface area contributed by atoms with Crippen molar-refractivity contribution in [2.45, 2.75) is 25.1 Å². The molecule has 0 spiro atoms. The summed E-state index contributed by atoms with van der Waals surface area (Å²) in [5.74, 6) is -0.507. The van der Waals surface area contributed by atoms with Crippen LogP contribution in [0.3, 0.4) is 0 Å². The minimum absolute atomic E-state index is 0.287. The van der Waals surface area contributed by atoms with E-state index in [2.05, 4.69) is 5.32 Å². The number of anilines is 1. The molecule has 1 amide bonds. The zero-order valence-electron chi connectivity index (χ0n) is 10.7. The van der Waals surface area contributed by atoms with Gasteiger partial charge in [0.15, 0.2) is 9.84 Å². The number of hydrogen-bond donors (Lipinski definition) is 2. The minimum atomic E-state index is -3.37. The van der Waals surface area contributed by atoms with E-state index in [0.29, 0.717) is 5.69 Å². The molecule has 100 valence electrons. The average molecular weight is 270 g/mol. The topological polar surface area (TPSA) is 89.3 Å². The van der Waals surface area contributed by atoms with Crippen molar-refractivity contribution in [1.82, 2.24) is 5.32 Å². The summed E-state index contributed by atoms with van der Waals surface area (Å²) >= 11 is 0. The van der Waals surface area contributed by atoms with Gasteiger partial charge < -0.3 is 11.1 Å². The van der Waals surface area contributed by atoms with Crippen molar-refractivity contribution in [2.75, 3.05) is 12.0 Å². The van der Waals surface area contributed by atoms with Crippen LogP contribution in [0.15, 0.2) is 24.3 Å². The molecule has 0 bridgehead atoms. The van der Waals surface area contributed by atoms with Crippen LogP contribution in [0, 0.1) is 0 Å². The van der Waals surface area contributed by atoms with E-state index in [1.807, 2.05) is 6.07 Å². The number of sulfone groups is 1. The maximum Gasteiger partial charge on any atom is 0.238 e. The third kappa shape index (κ3) is 3.73. The molecule has 1 aromatic rings. The maximum atomic E-state index is 11.7. The van der Waals surface area contributed by atoms with Crippen molar-refractivity contribution in [2.24, 2.45) is 0 Å². The van der Waals surface area contributed by atoms with Gasteiger partial charge in [0.05, 0.1) is 6.04 Å². The molecule has 0 aliphatic carbocycles. The van der Waals surface area contributed by atoms with Crippen molar-refractivity contribution in [3.05, 3.63) is 29.8 Å². The van der Waals surface area contributed by atoms with Crippen LogP contribution in [0.2, 0.25) is 0 Å². The van der Waals surface area contributed by atoms with E-state index in [0.717, 1.165) is 11.8 Å². The van der Waals surface area contributed by atoms with Crippen LogP contribution in [0.4, 0.5) is 5.69 Å². The van der Waals surface area contributed by atoms with E-state index in [1.165, 1.54) is 6.92 Å². The van der Waals surface area contributed by atoms with Crippen molar-refractivity contribution < 1.29 is 13.2 Å². The molecule has 0 heterocycles. The fourth-order valence-corrected chi connectivity index (χ4v) is 1.89. The fraction of sp³-hybridized carbons (Fsp3) is 0.417. The second-order valence-electron chi connectivity index (χ2n) is 4.37. The van der Waals surface area contributed by atoms with E-state index in [4.69, 9.17) is 5.73 Å². The largest absolute Gasteiger partial charge is 0.399 e. The number of benzene rings is 1. The number of nitrogens with two attached hydrogens (primary N) is 1. The lowest BCUT2D eigenvalue weighted by Crippen LogP contribution is -2.38. The number of carbonyl (C=O) groups excluding carboxylic acids is 1. The quantitative estimate of drug-likeness (QED) is 0.795. The zero-order chi connectivity index (χ0) is 13.9. The standard InChI is InChI=1S/C12H18N2O3S/c1-8(10-5-4-6-11(13)7-10)14-12(15)9(2)18(3,16)17/h4-9H,13H2,1-3H3,(H,14,15). The monoisotopic (exact) mass is 270 g/mol. The molecule has 0 aliphatic rings. The van der Waals surface area contributed by atoms with Gasteiger partial charge in [-0.1, -0.05) is 12.1 Å². The van der Waals surface area contributed by atoms with Gasteiger partial charge in [-0.25, -0.2) is 8.42 Å². The second kappa shape index (κ2) is 5.39. The highest BCUT2D eigenvalue weighted by molar-refractivity contribution is 7.92. The van der Waals surface area contributed by atoms with Crippen molar-refractivity contribution in [1.29, 1.82) is 0 Å². The Hall–Kier alpha value is -1.56. The number of hydrogen-bond acceptors (Lipinski definition) is 4. The number of carbonyl (C=O) groups is 1. The Morgan fingerprint density at radius 3 is 2.44 bits per heavy atom. The van der Waals surface area contributed by atoms with Gasteiger partial charge in [-0.15, -0.1) is 0 Å². The Morgan fingerprint density at radius 2 is 1.94 bits per heavy atom. The molecule has 0 radical (unpaired) electrons. The molecule has 18 heavy (non-hydrogen) atoms. The third-order valence-corrected chi connectivity index (χ3v) is 4.28. The van der Waals surface area contributed by atoms with Crippen LogP contribution in [-0.2, 0) is 14.6 Å². The Bertz CT molecular complexity index is 540. The molecule has 5 nitrogen and oxygen atoms in total. The third-order valence-electron chi connectivity index (χ3n) is 2.78. The normalized spacial score (nSPS) is 14.8. The Labute approximate surface area is 107 Å². The first-order valence-electron chi connectivity index (χ1n) is 5.56. The van der Waals surface area contributed by atoms with Gasteiger partial charge in [0, 0.05) is 11.9 Å². The van der Waals surface area contributed by atoms with E-state index in [-0.39, 0.29) is 6.04 Å². The van der Waals surface area contributed by atoms with E-state index >= 15 is 0 Å². The first-order valence-corrected chi connectivity index (χ1v) is 7.52. The van der Waals surface area contributed by atoms with Crippen molar-refractivity contribution in [3.8, 4) is 0 Å². The molecular formula is C12H18N2O3S. The van der Waals surface area contributed by atoms with Crippen LogP contribution in [0.1, 0.15) is 25.5 Å². The molecule has 2 unspecified atom stereocenters. The molecule has 3 N–H and O–H groups in total. The van der Waals surface area contributed by atoms with Crippen LogP contribution >= 0.6 is 0 Å². The molecule has 0 saturated heterocycles. The highest BCUT2D eigenvalue weighted by atomic mass is 32.2. The van der Waals surface area contributed by atoms with Gasteiger partial charge in [-0.05, 0) is 31.5 Å². The predicted molar refractivity (Wildman–Crippen MR) is 71.7 cm³/mol. The van der Waals surface area contributed by atoms with Gasteiger partial charge in [0.25, 0.3) is 0 Å². The van der Waals surface area contributed by atoms with Gasteiger partial charge in [0.2, 0.25) is 5.91 Å². The molecule has 6 heteroatoms. The summed E-state index contributed by atoms with van der Waals surface area (Å²) in [6.07, 6.45) is 1.04. The maximum absolute atomic E-state index is 11.7. The van der Waals surface area contributed by atoms with Crippen LogP contribution < -0.4 is 11.1 Å². The number of amides is 1. The molecule has 2 atom stereocenters. The smallest absolute Gasteiger partial charge is 0.238 e. The van der Waals surface area contributed by atoms with Crippen LogP contribution in [0.25, 0.3) is 0 Å². The predicted octanol–water partition coefficient (Wildman–Crippen LogP) is 0.879. The molecular weight excluding hydrogens is 252 g/mol. The first kappa shape index (κ1) is 14.5. The van der Waals surface area contributed by atoms with Gasteiger partial charge in [-0.3, -0.25) is 4.79 Å². The summed E-state index contributed by atoms with van der Waals surface area (Å²) in [7, 11) is -3.37. The lowest BCUT2D eigenvalue weighted by molar-refractivity contribution is -0.121. The number of nitrogens with one attached hydrogen (secondary N) is 1. The van der Waals surface area contributed by atoms with Crippen molar-refractivity contribution in [3.63, 3.8) is 0 Å². The fourth-order valence-electron chi connectivity index (χ4n) is 1.44. The highest BCUT2D eigenvalue weighted by Gasteiger charge is 2.24. The number of nitrogen functional groups attached to an aromatic ring is 1. The molecule has 0 aromatic heterocycles. The van der Waals surface area contributed by atoms with E-state index in [1.54, 1.807) is 25.1 Å². The molecule has 1 aromatic carbocycles. The van der Waals surface area contributed by atoms with Crippen molar-refractivity contribution >= 4 is 21.4 Å². The lowest BCUT2D eigenvalue weighted by Gasteiger charge is -2.17. The average Bonchev–Trinajstić information content (AvgIpc) is 2.26. The van der Waals surface area contributed by atoms with E-state index < -0.39 is 21.0 Å². The van der Waals surface area contributed by atoms with Gasteiger partial charge in [-0.2, -0.15) is 0 Å². The Balaban J connectivity index is 2.77. The Morgan fingerprint density at radius 1 is 1.33 bits per heavy atom. The SMILES string of the molecule is CC(NC(=O)C(C)S(C)(=O)=O)c1cccc(N)c1. The minimum Gasteiger partial charge on any atom is -0.399 e. The Kier molecular flexibility index (Phi) is 4.34. The summed E-state index contributed by atoms with van der Waals surface area (Å²) in [5.41, 5.74) is 7.09. The molecule has 0 fully saturated rings. The highest BCUT2D eigenvalue weighted by Crippen LogP contribution is 2.15. The first-order chi connectivity index (χ1) is 8.21. The van der Waals surface area contributed by atoms with Gasteiger partial charge in [0.1, 0.15) is 5.25 Å². The number of rotatable bonds is 4. The van der Waals surface area contributed by atoms with E-state index in [9.17, 15) is 13.2 Å². The molecule has 1 rings (SSSR count). The summed E-state index contributed by atoms with van der Waals surface area (Å²) in [6, 6.07) is 6.82. The lowest BCUT2D eigenvalue weighted by atomic mass is 10.1. The van der Waals surface area contributed by atoms with Gasteiger partial charge >= 0.3 is 0 Å². The molecule has 0 saturated carbocycles. The second-order valence-corrected chi connectivity index (χ2v) is 6.74. The zero-order valence-corrected chi connectivity index (χ0v) is 11.5. The summed E-state index contributed by atoms with van der Waals surface area (Å²) < 4.78 is 22.5. The van der Waals surface area contributed by atoms with Crippen LogP contribution in [0.5, 0.6) is 0 Å².